The zero-order valence-corrected chi connectivity index (χ0v) is 17.3. The Labute approximate surface area is 178 Å². The molecule has 2 atom stereocenters. The van der Waals surface area contributed by atoms with Gasteiger partial charge in [-0.1, -0.05) is 26.7 Å². The maximum atomic E-state index is 12.8. The van der Waals surface area contributed by atoms with Crippen LogP contribution >= 0.6 is 0 Å². The van der Waals surface area contributed by atoms with Crippen LogP contribution in [0.3, 0.4) is 0 Å². The van der Waals surface area contributed by atoms with Gasteiger partial charge in [-0.25, -0.2) is 0 Å². The number of benzene rings is 1. The van der Waals surface area contributed by atoms with Crippen molar-refractivity contribution >= 4 is 0 Å². The summed E-state index contributed by atoms with van der Waals surface area (Å²) in [6.45, 7) is 4.21. The lowest BCUT2D eigenvalue weighted by Crippen LogP contribution is -2.22. The maximum Gasteiger partial charge on any atom is 0.573 e. The molecule has 0 aliphatic rings. The first-order valence-corrected chi connectivity index (χ1v) is 9.67. The highest BCUT2D eigenvalue weighted by atomic mass is 19.4. The van der Waals surface area contributed by atoms with Crippen molar-refractivity contribution in [2.45, 2.75) is 65.0 Å². The molecule has 1 rings (SSSR count). The first-order chi connectivity index (χ1) is 14.5. The Bertz CT molecular complexity index is 680. The molecular formula is C19H24F9NO3. The smallest absolute Gasteiger partial charge is 0.406 e. The van der Waals surface area contributed by atoms with Gasteiger partial charge in [0, 0.05) is 17.7 Å². The van der Waals surface area contributed by atoms with Crippen LogP contribution in [0.5, 0.6) is 17.2 Å². The fourth-order valence-corrected chi connectivity index (χ4v) is 3.19. The Balaban J connectivity index is 3.28. The van der Waals surface area contributed by atoms with Crippen molar-refractivity contribution in [2.75, 3.05) is 6.54 Å². The van der Waals surface area contributed by atoms with Crippen molar-refractivity contribution in [1.82, 2.24) is 0 Å². The summed E-state index contributed by atoms with van der Waals surface area (Å²) in [7, 11) is 0. The van der Waals surface area contributed by atoms with Gasteiger partial charge in [-0.3, -0.25) is 0 Å². The molecule has 4 nitrogen and oxygen atoms in total. The number of hydrogen-bond donors (Lipinski definition) is 1. The van der Waals surface area contributed by atoms with Gasteiger partial charge in [0.25, 0.3) is 0 Å². The van der Waals surface area contributed by atoms with Gasteiger partial charge in [0.15, 0.2) is 0 Å². The van der Waals surface area contributed by atoms with Crippen LogP contribution in [0.25, 0.3) is 0 Å². The Hall–Kier alpha value is -2.05. The van der Waals surface area contributed by atoms with Gasteiger partial charge >= 0.3 is 19.1 Å². The summed E-state index contributed by atoms with van der Waals surface area (Å²) in [5, 5.41) is 0. The first kappa shape index (κ1) is 28.0. The van der Waals surface area contributed by atoms with Crippen molar-refractivity contribution in [3.05, 3.63) is 17.7 Å². The average Bonchev–Trinajstić information content (AvgIpc) is 2.58. The van der Waals surface area contributed by atoms with Crippen molar-refractivity contribution in [3.63, 3.8) is 0 Å². The maximum absolute atomic E-state index is 12.8. The van der Waals surface area contributed by atoms with Crippen molar-refractivity contribution < 1.29 is 53.7 Å². The molecule has 2 unspecified atom stereocenters. The van der Waals surface area contributed by atoms with Gasteiger partial charge in [0.1, 0.15) is 17.2 Å². The molecule has 32 heavy (non-hydrogen) atoms. The molecule has 0 aliphatic carbocycles. The van der Waals surface area contributed by atoms with E-state index in [4.69, 9.17) is 5.73 Å². The predicted molar refractivity (Wildman–Crippen MR) is 96.0 cm³/mol. The van der Waals surface area contributed by atoms with Gasteiger partial charge in [-0.15, -0.1) is 39.5 Å². The lowest BCUT2D eigenvalue weighted by Gasteiger charge is -2.21. The van der Waals surface area contributed by atoms with Crippen LogP contribution in [0.15, 0.2) is 12.1 Å². The second kappa shape index (κ2) is 11.2. The molecule has 0 heterocycles. The molecule has 2 N–H and O–H groups in total. The minimum atomic E-state index is -5.37. The molecule has 1 aromatic carbocycles. The molecule has 0 fully saturated rings. The molecule has 0 radical (unpaired) electrons. The summed E-state index contributed by atoms with van der Waals surface area (Å²) in [5.41, 5.74) is 4.90. The number of hydrogen-bond acceptors (Lipinski definition) is 4. The first-order valence-electron chi connectivity index (χ1n) is 9.67. The highest BCUT2D eigenvalue weighted by molar-refractivity contribution is 5.51. The highest BCUT2D eigenvalue weighted by Crippen LogP contribution is 2.41. The van der Waals surface area contributed by atoms with E-state index in [1.165, 1.54) is 0 Å². The summed E-state index contributed by atoms with van der Waals surface area (Å²) in [6, 6.07) is 0.459. The average molecular weight is 485 g/mol. The number of alkyl halides is 9. The summed E-state index contributed by atoms with van der Waals surface area (Å²) >= 11 is 0. The number of nitrogens with two attached hydrogens (primary N) is 1. The third-order valence-corrected chi connectivity index (χ3v) is 4.58. The van der Waals surface area contributed by atoms with Gasteiger partial charge in [-0.2, -0.15) is 0 Å². The highest BCUT2D eigenvalue weighted by Gasteiger charge is 2.38. The molecule has 0 amide bonds. The van der Waals surface area contributed by atoms with Crippen LogP contribution in [-0.2, 0) is 6.42 Å². The Morgan fingerprint density at radius 3 is 1.69 bits per heavy atom. The van der Waals surface area contributed by atoms with E-state index in [0.717, 1.165) is 0 Å². The fraction of sp³-hybridized carbons (Fsp3) is 0.684. The summed E-state index contributed by atoms with van der Waals surface area (Å²) in [6.07, 6.45) is -14.5. The Morgan fingerprint density at radius 2 is 1.31 bits per heavy atom. The minimum absolute atomic E-state index is 0.111. The van der Waals surface area contributed by atoms with E-state index in [0.29, 0.717) is 25.8 Å². The standard InChI is InChI=1S/C19H24F9NO3/c1-3-12(7-11(2)10-29)5-4-6-14-15(31-18(23,24)25)8-13(30-17(20,21)22)9-16(14)32-19(26,27)28/h8-9,11-12H,3-7,10,29H2,1-2H3. The third kappa shape index (κ3) is 11.0. The predicted octanol–water partition coefficient (Wildman–Crippen LogP) is 6.72. The van der Waals surface area contributed by atoms with Crippen LogP contribution in [0.4, 0.5) is 39.5 Å². The monoisotopic (exact) mass is 485 g/mol. The van der Waals surface area contributed by atoms with Crippen LogP contribution in [0, 0.1) is 11.8 Å². The normalized spacial score (nSPS) is 14.8. The van der Waals surface area contributed by atoms with Crippen molar-refractivity contribution in [1.29, 1.82) is 0 Å². The van der Waals surface area contributed by atoms with E-state index in [1.807, 2.05) is 13.8 Å². The molecule has 186 valence electrons. The van der Waals surface area contributed by atoms with Gasteiger partial charge in [0.2, 0.25) is 0 Å². The van der Waals surface area contributed by atoms with E-state index in [2.05, 4.69) is 14.2 Å². The molecule has 0 saturated carbocycles. The van der Waals surface area contributed by atoms with Crippen molar-refractivity contribution in [3.8, 4) is 17.2 Å². The SMILES string of the molecule is CCC(CCCc1c(OC(F)(F)F)cc(OC(F)(F)F)cc1OC(F)(F)F)CC(C)CN. The second-order valence-electron chi connectivity index (χ2n) is 7.28. The van der Waals surface area contributed by atoms with Crippen LogP contribution < -0.4 is 19.9 Å². The van der Waals surface area contributed by atoms with Gasteiger partial charge < -0.3 is 19.9 Å². The number of ether oxygens (including phenoxy) is 3. The topological polar surface area (TPSA) is 53.7 Å². The van der Waals surface area contributed by atoms with Gasteiger partial charge in [0.05, 0.1) is 0 Å². The molecule has 0 saturated heterocycles. The van der Waals surface area contributed by atoms with E-state index < -0.39 is 41.9 Å². The minimum Gasteiger partial charge on any atom is -0.406 e. The zero-order chi connectivity index (χ0) is 24.7. The van der Waals surface area contributed by atoms with Crippen LogP contribution in [0.2, 0.25) is 0 Å². The molecular weight excluding hydrogens is 461 g/mol. The molecule has 0 spiro atoms. The number of rotatable bonds is 11. The lowest BCUT2D eigenvalue weighted by atomic mass is 9.89. The lowest BCUT2D eigenvalue weighted by molar-refractivity contribution is -0.278. The summed E-state index contributed by atoms with van der Waals surface area (Å²) < 4.78 is 125. The van der Waals surface area contributed by atoms with Gasteiger partial charge in [-0.05, 0) is 37.6 Å². The molecule has 1 aromatic rings. The van der Waals surface area contributed by atoms with Crippen LogP contribution in [-0.4, -0.2) is 25.6 Å². The van der Waals surface area contributed by atoms with Crippen LogP contribution in [0.1, 0.15) is 45.1 Å². The molecule has 13 heteroatoms. The Morgan fingerprint density at radius 1 is 0.844 bits per heavy atom. The third-order valence-electron chi connectivity index (χ3n) is 4.58. The second-order valence-corrected chi connectivity index (χ2v) is 7.28. The fourth-order valence-electron chi connectivity index (χ4n) is 3.19. The quantitative estimate of drug-likeness (QED) is 0.354. The number of halogens is 9. The zero-order valence-electron chi connectivity index (χ0n) is 17.3. The van der Waals surface area contributed by atoms with Crippen molar-refractivity contribution in [2.24, 2.45) is 17.6 Å². The van der Waals surface area contributed by atoms with E-state index in [9.17, 15) is 39.5 Å². The summed E-state index contributed by atoms with van der Waals surface area (Å²) in [4.78, 5) is 0. The molecule has 0 aliphatic heterocycles. The van der Waals surface area contributed by atoms with E-state index >= 15 is 0 Å². The molecule has 0 aromatic heterocycles. The Kier molecular flexibility index (Phi) is 9.79. The van der Waals surface area contributed by atoms with E-state index in [-0.39, 0.29) is 36.8 Å². The van der Waals surface area contributed by atoms with E-state index in [1.54, 1.807) is 0 Å². The summed E-state index contributed by atoms with van der Waals surface area (Å²) in [5.74, 6) is -3.58. The molecule has 0 bridgehead atoms. The largest absolute Gasteiger partial charge is 0.573 e.